The van der Waals surface area contributed by atoms with Gasteiger partial charge in [-0.05, 0) is 37.3 Å². The van der Waals surface area contributed by atoms with E-state index < -0.39 is 22.8 Å². The lowest BCUT2D eigenvalue weighted by Crippen LogP contribution is -2.31. The van der Waals surface area contributed by atoms with Crippen molar-refractivity contribution < 1.29 is 24.0 Å². The summed E-state index contributed by atoms with van der Waals surface area (Å²) >= 11 is 1.29. The van der Waals surface area contributed by atoms with Crippen molar-refractivity contribution in [1.82, 2.24) is 5.32 Å². The van der Waals surface area contributed by atoms with Crippen LogP contribution >= 0.6 is 11.3 Å². The van der Waals surface area contributed by atoms with Crippen LogP contribution in [0.3, 0.4) is 0 Å². The second-order valence-corrected chi connectivity index (χ2v) is 7.58. The van der Waals surface area contributed by atoms with Crippen LogP contribution in [0.2, 0.25) is 0 Å². The number of ether oxygens (including phenoxy) is 1. The van der Waals surface area contributed by atoms with Crippen LogP contribution in [0, 0.1) is 10.1 Å². The molecule has 0 bridgehead atoms. The topological polar surface area (TPSA) is 128 Å². The van der Waals surface area contributed by atoms with Crippen LogP contribution in [0.25, 0.3) is 0 Å². The molecule has 0 saturated heterocycles. The molecule has 3 rings (SSSR count). The van der Waals surface area contributed by atoms with Crippen molar-refractivity contribution in [1.29, 1.82) is 0 Å². The summed E-state index contributed by atoms with van der Waals surface area (Å²) < 4.78 is 4.49. The van der Waals surface area contributed by atoms with Crippen LogP contribution in [0.4, 0.5) is 15.5 Å². The number of benzene rings is 1. The molecule has 1 aromatic heterocycles. The molecule has 0 fully saturated rings. The molecule has 2 aromatic rings. The van der Waals surface area contributed by atoms with E-state index in [1.807, 2.05) is 0 Å². The standard InChI is InChI=1S/C19H19N3O6S/c1-28-19(25)21-17(24)15-13-8-3-2-4-9-14(13)29-18(15)20-16(23)11-6-5-7-12(10-11)22(26)27/h5-7,10H,2-4,8-9H2,1H3,(H,20,23)(H,21,24,25). The van der Waals surface area contributed by atoms with Crippen LogP contribution in [0.5, 0.6) is 0 Å². The van der Waals surface area contributed by atoms with Crippen molar-refractivity contribution in [3.63, 3.8) is 0 Å². The molecule has 10 heteroatoms. The Balaban J connectivity index is 1.94. The summed E-state index contributed by atoms with van der Waals surface area (Å²) in [4.78, 5) is 48.2. The normalized spacial score (nSPS) is 13.0. The van der Waals surface area contributed by atoms with E-state index in [0.29, 0.717) is 11.4 Å². The van der Waals surface area contributed by atoms with E-state index in [1.165, 1.54) is 35.6 Å². The number of hydrogen-bond donors (Lipinski definition) is 2. The Bertz CT molecular complexity index is 984. The maximum absolute atomic E-state index is 12.7. The average Bonchev–Trinajstić information content (AvgIpc) is 2.88. The van der Waals surface area contributed by atoms with Gasteiger partial charge in [0.1, 0.15) is 5.00 Å². The van der Waals surface area contributed by atoms with E-state index >= 15 is 0 Å². The number of rotatable bonds is 4. The number of hydrogen-bond acceptors (Lipinski definition) is 7. The number of nitrogens with one attached hydrogen (secondary N) is 2. The fourth-order valence-corrected chi connectivity index (χ4v) is 4.49. The van der Waals surface area contributed by atoms with Gasteiger partial charge >= 0.3 is 6.09 Å². The Kier molecular flexibility index (Phi) is 6.23. The first-order chi connectivity index (χ1) is 13.9. The summed E-state index contributed by atoms with van der Waals surface area (Å²) in [6.07, 6.45) is 3.48. The van der Waals surface area contributed by atoms with Gasteiger partial charge in [-0.1, -0.05) is 12.5 Å². The van der Waals surface area contributed by atoms with Crippen molar-refractivity contribution in [2.75, 3.05) is 12.4 Å². The highest BCUT2D eigenvalue weighted by Crippen LogP contribution is 2.37. The number of imide groups is 1. The van der Waals surface area contributed by atoms with Gasteiger partial charge in [-0.2, -0.15) is 0 Å². The molecular weight excluding hydrogens is 398 g/mol. The van der Waals surface area contributed by atoms with Crippen molar-refractivity contribution in [2.24, 2.45) is 0 Å². The van der Waals surface area contributed by atoms with E-state index in [0.717, 1.165) is 43.2 Å². The molecule has 0 saturated carbocycles. The van der Waals surface area contributed by atoms with Gasteiger partial charge in [0.15, 0.2) is 0 Å². The first-order valence-electron chi connectivity index (χ1n) is 9.00. The van der Waals surface area contributed by atoms with E-state index in [-0.39, 0.29) is 16.8 Å². The van der Waals surface area contributed by atoms with Gasteiger partial charge < -0.3 is 10.1 Å². The number of amides is 3. The lowest BCUT2D eigenvalue weighted by molar-refractivity contribution is -0.384. The summed E-state index contributed by atoms with van der Waals surface area (Å²) in [5.41, 5.74) is 0.963. The molecule has 1 heterocycles. The summed E-state index contributed by atoms with van der Waals surface area (Å²) in [6, 6.07) is 5.33. The van der Waals surface area contributed by atoms with Gasteiger partial charge in [0.2, 0.25) is 0 Å². The minimum Gasteiger partial charge on any atom is -0.453 e. The van der Waals surface area contributed by atoms with E-state index in [2.05, 4.69) is 15.4 Å². The minimum absolute atomic E-state index is 0.0992. The van der Waals surface area contributed by atoms with Crippen molar-refractivity contribution in [2.45, 2.75) is 32.1 Å². The molecule has 9 nitrogen and oxygen atoms in total. The number of non-ortho nitro benzene ring substituents is 1. The average molecular weight is 417 g/mol. The van der Waals surface area contributed by atoms with E-state index in [4.69, 9.17) is 0 Å². The molecule has 0 atom stereocenters. The van der Waals surface area contributed by atoms with Gasteiger partial charge in [0.25, 0.3) is 17.5 Å². The molecule has 152 valence electrons. The molecular formula is C19H19N3O6S. The molecule has 1 aliphatic carbocycles. The summed E-state index contributed by atoms with van der Waals surface area (Å²) in [7, 11) is 1.15. The highest BCUT2D eigenvalue weighted by Gasteiger charge is 2.27. The third kappa shape index (κ3) is 4.60. The van der Waals surface area contributed by atoms with Gasteiger partial charge in [-0.15, -0.1) is 11.3 Å². The van der Waals surface area contributed by atoms with Gasteiger partial charge in [0.05, 0.1) is 17.6 Å². The molecule has 0 radical (unpaired) electrons. The Hall–Kier alpha value is -3.27. The number of nitro groups is 1. The number of fused-ring (bicyclic) bond motifs is 1. The van der Waals surface area contributed by atoms with E-state index in [9.17, 15) is 24.5 Å². The maximum atomic E-state index is 12.7. The third-order valence-electron chi connectivity index (χ3n) is 4.60. The van der Waals surface area contributed by atoms with Crippen molar-refractivity contribution >= 4 is 39.9 Å². The Labute approximate surface area is 170 Å². The van der Waals surface area contributed by atoms with Gasteiger partial charge in [0, 0.05) is 22.6 Å². The Morgan fingerprint density at radius 2 is 1.90 bits per heavy atom. The van der Waals surface area contributed by atoms with Crippen LogP contribution in [0.15, 0.2) is 24.3 Å². The van der Waals surface area contributed by atoms with Crippen LogP contribution in [0.1, 0.15) is 50.4 Å². The van der Waals surface area contributed by atoms with Gasteiger partial charge in [-0.3, -0.25) is 25.0 Å². The highest BCUT2D eigenvalue weighted by molar-refractivity contribution is 7.17. The zero-order valence-corrected chi connectivity index (χ0v) is 16.5. The van der Waals surface area contributed by atoms with Gasteiger partial charge in [-0.25, -0.2) is 4.79 Å². The smallest absolute Gasteiger partial charge is 0.413 e. The number of methoxy groups -OCH3 is 1. The largest absolute Gasteiger partial charge is 0.453 e. The summed E-state index contributed by atoms with van der Waals surface area (Å²) in [5, 5.41) is 16.1. The highest BCUT2D eigenvalue weighted by atomic mass is 32.1. The van der Waals surface area contributed by atoms with Crippen LogP contribution in [-0.4, -0.2) is 29.9 Å². The number of nitro benzene ring substituents is 1. The monoisotopic (exact) mass is 417 g/mol. The first-order valence-corrected chi connectivity index (χ1v) is 9.82. The predicted octanol–water partition coefficient (Wildman–Crippen LogP) is 3.67. The lowest BCUT2D eigenvalue weighted by Gasteiger charge is -2.09. The number of aryl methyl sites for hydroxylation is 1. The number of alkyl carbamates (subject to hydrolysis) is 1. The molecule has 3 amide bonds. The number of carbonyl (C=O) groups excluding carboxylic acids is 3. The third-order valence-corrected chi connectivity index (χ3v) is 5.80. The maximum Gasteiger partial charge on any atom is 0.413 e. The Morgan fingerprint density at radius 1 is 1.14 bits per heavy atom. The second kappa shape index (κ2) is 8.82. The number of carbonyl (C=O) groups is 3. The summed E-state index contributed by atoms with van der Waals surface area (Å²) in [5.74, 6) is -1.22. The second-order valence-electron chi connectivity index (χ2n) is 6.48. The van der Waals surface area contributed by atoms with Crippen LogP contribution in [-0.2, 0) is 17.6 Å². The lowest BCUT2D eigenvalue weighted by atomic mass is 10.0. The molecule has 0 unspecified atom stereocenters. The molecule has 0 spiro atoms. The van der Waals surface area contributed by atoms with Crippen molar-refractivity contribution in [3.8, 4) is 0 Å². The fourth-order valence-electron chi connectivity index (χ4n) is 3.21. The van der Waals surface area contributed by atoms with E-state index in [1.54, 1.807) is 0 Å². The minimum atomic E-state index is -0.889. The van der Waals surface area contributed by atoms with Crippen LogP contribution < -0.4 is 10.6 Å². The molecule has 1 aromatic carbocycles. The molecule has 0 aliphatic heterocycles. The van der Waals surface area contributed by atoms with Crippen molar-refractivity contribution in [3.05, 3.63) is 55.9 Å². The molecule has 2 N–H and O–H groups in total. The molecule has 29 heavy (non-hydrogen) atoms. The summed E-state index contributed by atoms with van der Waals surface area (Å²) in [6.45, 7) is 0. The first kappa shape index (κ1) is 20.5. The zero-order chi connectivity index (χ0) is 21.0. The number of thiophene rings is 1. The number of anilines is 1. The SMILES string of the molecule is COC(=O)NC(=O)c1c(NC(=O)c2cccc([N+](=O)[O-])c2)sc2c1CCCCC2. The Morgan fingerprint density at radius 3 is 2.62 bits per heavy atom. The fraction of sp³-hybridized carbons (Fsp3) is 0.316. The predicted molar refractivity (Wildman–Crippen MR) is 106 cm³/mol. The molecule has 1 aliphatic rings. The number of nitrogens with zero attached hydrogens (tertiary/aromatic N) is 1. The zero-order valence-electron chi connectivity index (χ0n) is 15.6. The quantitative estimate of drug-likeness (QED) is 0.444.